The molecule has 0 spiro atoms. The lowest BCUT2D eigenvalue weighted by Gasteiger charge is -2.13. The van der Waals surface area contributed by atoms with Crippen LogP contribution < -0.4 is 5.32 Å². The molecule has 4 aromatic rings. The maximum atomic E-state index is 13.4. The van der Waals surface area contributed by atoms with Gasteiger partial charge in [-0.25, -0.2) is 4.98 Å². The average molecular weight is 442 g/mol. The molecule has 0 fully saturated rings. The zero-order chi connectivity index (χ0) is 22.2. The van der Waals surface area contributed by atoms with Crippen LogP contribution in [0.1, 0.15) is 5.56 Å². The summed E-state index contributed by atoms with van der Waals surface area (Å²) in [5.41, 5.74) is 2.12. The number of alkyl halides is 3. The molecule has 0 radical (unpaired) electrons. The monoisotopic (exact) mass is 441 g/mol. The smallest absolute Gasteiger partial charge is 0.346 e. The quantitative estimate of drug-likeness (QED) is 0.346. The minimum Gasteiger partial charge on any atom is -0.346 e. The van der Waals surface area contributed by atoms with Crippen LogP contribution in [0.15, 0.2) is 73.6 Å². The number of benzene rings is 2. The van der Waals surface area contributed by atoms with Crippen LogP contribution in [0.5, 0.6) is 0 Å². The number of pyridine rings is 1. The number of nitrogens with one attached hydrogen (secondary N) is 2. The van der Waals surface area contributed by atoms with Gasteiger partial charge in [0.1, 0.15) is 5.65 Å². The topological polar surface area (TPSA) is 57.8 Å². The number of fused-ring (bicyclic) bond motifs is 1. The Balaban J connectivity index is 1.86. The number of aromatic amines is 1. The molecule has 4 nitrogen and oxygen atoms in total. The van der Waals surface area contributed by atoms with Crippen LogP contribution in [0.2, 0.25) is 5.02 Å². The van der Waals surface area contributed by atoms with Crippen LogP contribution >= 0.6 is 11.6 Å². The molecule has 8 heteroatoms. The number of amides is 1. The van der Waals surface area contributed by atoms with Gasteiger partial charge in [-0.2, -0.15) is 13.2 Å². The van der Waals surface area contributed by atoms with Crippen LogP contribution in [0.4, 0.5) is 18.9 Å². The van der Waals surface area contributed by atoms with Crippen molar-refractivity contribution in [1.82, 2.24) is 9.97 Å². The number of carbonyl (C=O) groups is 1. The highest BCUT2D eigenvalue weighted by Crippen LogP contribution is 2.37. The predicted molar refractivity (Wildman–Crippen MR) is 116 cm³/mol. The molecule has 0 aliphatic rings. The molecule has 0 saturated carbocycles. The van der Waals surface area contributed by atoms with E-state index in [1.807, 2.05) is 12.1 Å². The molecule has 2 N–H and O–H groups in total. The van der Waals surface area contributed by atoms with E-state index < -0.39 is 17.6 Å². The van der Waals surface area contributed by atoms with Crippen LogP contribution in [-0.4, -0.2) is 15.9 Å². The van der Waals surface area contributed by atoms with E-state index in [1.54, 1.807) is 24.4 Å². The van der Waals surface area contributed by atoms with Crippen LogP contribution in [0, 0.1) is 0 Å². The van der Waals surface area contributed by atoms with Crippen LogP contribution in [0.25, 0.3) is 33.3 Å². The second-order valence-corrected chi connectivity index (χ2v) is 7.26. The number of hydrogen-bond acceptors (Lipinski definition) is 2. The van der Waals surface area contributed by atoms with Gasteiger partial charge in [-0.15, -0.1) is 0 Å². The fraction of sp³-hybridized carbons (Fsp3) is 0.0435. The molecule has 2 heterocycles. The van der Waals surface area contributed by atoms with Gasteiger partial charge in [0.2, 0.25) is 5.91 Å². The highest BCUT2D eigenvalue weighted by Gasteiger charge is 2.31. The normalized spacial score (nSPS) is 11.5. The van der Waals surface area contributed by atoms with Gasteiger partial charge in [0, 0.05) is 39.6 Å². The Kier molecular flexibility index (Phi) is 5.29. The van der Waals surface area contributed by atoms with E-state index in [1.165, 1.54) is 12.3 Å². The Labute approximate surface area is 180 Å². The van der Waals surface area contributed by atoms with Crippen molar-refractivity contribution in [2.45, 2.75) is 6.18 Å². The molecule has 0 bridgehead atoms. The number of H-pyrrole nitrogens is 1. The standard InChI is InChI=1S/C23H15ClF3N3O/c1-2-21(31)30-18-8-14(6-16(10-18)23(25,26)27)15-9-19-20(12-29-22(19)28-11-15)13-4-3-5-17(24)7-13/h2-12H,1H2,(H,28,29)(H,30,31). The lowest BCUT2D eigenvalue weighted by Crippen LogP contribution is -2.10. The fourth-order valence-electron chi connectivity index (χ4n) is 3.28. The molecular formula is C23H15ClF3N3O. The summed E-state index contributed by atoms with van der Waals surface area (Å²) in [4.78, 5) is 19.0. The third kappa shape index (κ3) is 4.32. The van der Waals surface area contributed by atoms with E-state index in [9.17, 15) is 18.0 Å². The first-order chi connectivity index (χ1) is 14.7. The van der Waals surface area contributed by atoms with Gasteiger partial charge in [0.25, 0.3) is 0 Å². The highest BCUT2D eigenvalue weighted by molar-refractivity contribution is 6.30. The molecule has 4 rings (SSSR count). The summed E-state index contributed by atoms with van der Waals surface area (Å²) in [7, 11) is 0. The summed E-state index contributed by atoms with van der Waals surface area (Å²) in [6.07, 6.45) is -0.337. The van der Waals surface area contributed by atoms with E-state index >= 15 is 0 Å². The van der Waals surface area contributed by atoms with Crippen molar-refractivity contribution in [3.63, 3.8) is 0 Å². The van der Waals surface area contributed by atoms with Crippen molar-refractivity contribution in [3.8, 4) is 22.3 Å². The Bertz CT molecular complexity index is 1310. The Morgan fingerprint density at radius 1 is 1.10 bits per heavy atom. The van der Waals surface area contributed by atoms with Gasteiger partial charge in [-0.05, 0) is 53.6 Å². The molecule has 2 aromatic heterocycles. The summed E-state index contributed by atoms with van der Waals surface area (Å²) < 4.78 is 40.3. The molecule has 1 amide bonds. The number of hydrogen-bond donors (Lipinski definition) is 2. The average Bonchev–Trinajstić information content (AvgIpc) is 3.16. The minimum atomic E-state index is -4.58. The molecule has 0 unspecified atom stereocenters. The van der Waals surface area contributed by atoms with Gasteiger partial charge in [-0.1, -0.05) is 30.3 Å². The summed E-state index contributed by atoms with van der Waals surface area (Å²) in [6.45, 7) is 3.32. The van der Waals surface area contributed by atoms with E-state index in [2.05, 4.69) is 21.9 Å². The molecule has 156 valence electrons. The van der Waals surface area contributed by atoms with Crippen molar-refractivity contribution in [3.05, 3.63) is 84.2 Å². The summed E-state index contributed by atoms with van der Waals surface area (Å²) in [6, 6.07) is 12.4. The number of halogens is 4. The van der Waals surface area contributed by atoms with E-state index in [0.717, 1.165) is 34.7 Å². The van der Waals surface area contributed by atoms with Crippen molar-refractivity contribution in [2.24, 2.45) is 0 Å². The van der Waals surface area contributed by atoms with E-state index in [0.29, 0.717) is 16.2 Å². The van der Waals surface area contributed by atoms with Crippen molar-refractivity contribution >= 4 is 34.2 Å². The first-order valence-electron chi connectivity index (χ1n) is 9.14. The molecule has 0 aliphatic heterocycles. The number of aromatic nitrogens is 2. The van der Waals surface area contributed by atoms with Gasteiger partial charge in [-0.3, -0.25) is 4.79 Å². The molecule has 0 atom stereocenters. The third-order valence-corrected chi connectivity index (χ3v) is 4.95. The van der Waals surface area contributed by atoms with Gasteiger partial charge in [0.15, 0.2) is 0 Å². The molecule has 31 heavy (non-hydrogen) atoms. The van der Waals surface area contributed by atoms with Crippen molar-refractivity contribution in [1.29, 1.82) is 0 Å². The third-order valence-electron chi connectivity index (χ3n) is 4.71. The lowest BCUT2D eigenvalue weighted by atomic mass is 10.00. The molecular weight excluding hydrogens is 427 g/mol. The zero-order valence-corrected chi connectivity index (χ0v) is 16.7. The van der Waals surface area contributed by atoms with E-state index in [4.69, 9.17) is 11.6 Å². The number of nitrogens with zero attached hydrogens (tertiary/aromatic N) is 1. The van der Waals surface area contributed by atoms with Gasteiger partial charge in [0.05, 0.1) is 5.56 Å². The second-order valence-electron chi connectivity index (χ2n) is 6.82. The molecule has 0 aliphatic carbocycles. The number of carbonyl (C=O) groups excluding carboxylic acids is 1. The lowest BCUT2D eigenvalue weighted by molar-refractivity contribution is -0.137. The number of rotatable bonds is 4. The second kappa shape index (κ2) is 7.92. The Morgan fingerprint density at radius 3 is 2.61 bits per heavy atom. The van der Waals surface area contributed by atoms with Gasteiger partial charge < -0.3 is 10.3 Å². The van der Waals surface area contributed by atoms with Crippen LogP contribution in [-0.2, 0) is 11.0 Å². The van der Waals surface area contributed by atoms with Crippen molar-refractivity contribution < 1.29 is 18.0 Å². The Morgan fingerprint density at radius 2 is 1.90 bits per heavy atom. The first-order valence-corrected chi connectivity index (χ1v) is 9.51. The molecule has 2 aromatic carbocycles. The van der Waals surface area contributed by atoms with Crippen molar-refractivity contribution in [2.75, 3.05) is 5.32 Å². The maximum Gasteiger partial charge on any atom is 0.416 e. The Hall–Kier alpha value is -3.58. The SMILES string of the molecule is C=CC(=O)Nc1cc(-c2cnc3[nH]cc(-c4cccc(Cl)c4)c3c2)cc(C(F)(F)F)c1. The van der Waals surface area contributed by atoms with E-state index in [-0.39, 0.29) is 11.3 Å². The minimum absolute atomic E-state index is 0.0129. The summed E-state index contributed by atoms with van der Waals surface area (Å²) in [5.74, 6) is -0.604. The first kappa shape index (κ1) is 20.7. The maximum absolute atomic E-state index is 13.4. The summed E-state index contributed by atoms with van der Waals surface area (Å²) >= 11 is 6.10. The van der Waals surface area contributed by atoms with Crippen LogP contribution in [0.3, 0.4) is 0 Å². The highest BCUT2D eigenvalue weighted by atomic mass is 35.5. The predicted octanol–water partition coefficient (Wildman–Crippen LogP) is 6.69. The number of anilines is 1. The van der Waals surface area contributed by atoms with Gasteiger partial charge >= 0.3 is 6.18 Å². The largest absolute Gasteiger partial charge is 0.416 e. The fourth-order valence-corrected chi connectivity index (χ4v) is 3.47. The molecule has 0 saturated heterocycles. The summed E-state index contributed by atoms with van der Waals surface area (Å²) in [5, 5.41) is 3.69. The zero-order valence-electron chi connectivity index (χ0n) is 15.9.